The zero-order valence-electron chi connectivity index (χ0n) is 8.82. The minimum absolute atomic E-state index is 0.289. The smallest absolute Gasteiger partial charge is 0.222 e. The standard InChI is InChI=1S/C9H16N4S/c1-6(2)5-14-9-12-11-8(10)13(9)7(3)4/h7H,1,5H2,2-4H3,(H2,10,11). The van der Waals surface area contributed by atoms with Gasteiger partial charge in [0, 0.05) is 11.8 Å². The highest BCUT2D eigenvalue weighted by atomic mass is 32.2. The molecule has 0 unspecified atom stereocenters. The molecule has 0 aliphatic heterocycles. The highest BCUT2D eigenvalue weighted by Gasteiger charge is 2.12. The topological polar surface area (TPSA) is 56.7 Å². The molecule has 0 amide bonds. The Morgan fingerprint density at radius 3 is 2.71 bits per heavy atom. The highest BCUT2D eigenvalue weighted by Crippen LogP contribution is 2.23. The lowest BCUT2D eigenvalue weighted by Gasteiger charge is -2.10. The van der Waals surface area contributed by atoms with E-state index in [1.54, 1.807) is 11.8 Å². The van der Waals surface area contributed by atoms with E-state index < -0.39 is 0 Å². The van der Waals surface area contributed by atoms with Crippen LogP contribution in [0.25, 0.3) is 0 Å². The Bertz CT molecular complexity index is 330. The fraction of sp³-hybridized carbons (Fsp3) is 0.556. The van der Waals surface area contributed by atoms with E-state index in [4.69, 9.17) is 5.73 Å². The molecule has 0 fully saturated rings. The minimum atomic E-state index is 0.289. The van der Waals surface area contributed by atoms with E-state index in [1.807, 2.05) is 11.5 Å². The van der Waals surface area contributed by atoms with Gasteiger partial charge in [0.1, 0.15) is 0 Å². The van der Waals surface area contributed by atoms with Gasteiger partial charge in [0.25, 0.3) is 0 Å². The van der Waals surface area contributed by atoms with Crippen LogP contribution in [0.2, 0.25) is 0 Å². The summed E-state index contributed by atoms with van der Waals surface area (Å²) < 4.78 is 1.92. The predicted molar refractivity (Wildman–Crippen MR) is 60.4 cm³/mol. The second-order valence-electron chi connectivity index (χ2n) is 3.55. The monoisotopic (exact) mass is 212 g/mol. The van der Waals surface area contributed by atoms with Crippen LogP contribution in [-0.2, 0) is 0 Å². The molecular weight excluding hydrogens is 196 g/mol. The summed E-state index contributed by atoms with van der Waals surface area (Å²) in [5, 5.41) is 8.74. The second kappa shape index (κ2) is 4.50. The van der Waals surface area contributed by atoms with Gasteiger partial charge in [-0.2, -0.15) is 0 Å². The lowest BCUT2D eigenvalue weighted by Crippen LogP contribution is -2.07. The molecule has 4 nitrogen and oxygen atoms in total. The first kappa shape index (κ1) is 11.1. The van der Waals surface area contributed by atoms with Gasteiger partial charge in [-0.3, -0.25) is 4.57 Å². The zero-order chi connectivity index (χ0) is 10.7. The molecule has 78 valence electrons. The maximum atomic E-state index is 5.70. The number of nitrogens with two attached hydrogens (primary N) is 1. The van der Waals surface area contributed by atoms with Crippen molar-refractivity contribution in [2.24, 2.45) is 0 Å². The number of hydrogen-bond acceptors (Lipinski definition) is 4. The summed E-state index contributed by atoms with van der Waals surface area (Å²) in [6.07, 6.45) is 0. The van der Waals surface area contributed by atoms with Crippen molar-refractivity contribution in [3.8, 4) is 0 Å². The lowest BCUT2D eigenvalue weighted by atomic mass is 10.4. The number of anilines is 1. The Kier molecular flexibility index (Phi) is 3.57. The van der Waals surface area contributed by atoms with Crippen molar-refractivity contribution in [1.82, 2.24) is 14.8 Å². The summed E-state index contributed by atoms with van der Waals surface area (Å²) >= 11 is 1.61. The van der Waals surface area contributed by atoms with E-state index >= 15 is 0 Å². The Hall–Kier alpha value is -0.970. The fourth-order valence-electron chi connectivity index (χ4n) is 1.06. The third kappa shape index (κ3) is 2.51. The van der Waals surface area contributed by atoms with Crippen LogP contribution >= 0.6 is 11.8 Å². The van der Waals surface area contributed by atoms with Gasteiger partial charge in [-0.1, -0.05) is 23.9 Å². The first-order valence-electron chi connectivity index (χ1n) is 4.50. The van der Waals surface area contributed by atoms with Gasteiger partial charge < -0.3 is 5.73 Å². The van der Waals surface area contributed by atoms with Crippen molar-refractivity contribution >= 4 is 17.7 Å². The average Bonchev–Trinajstić information content (AvgIpc) is 2.43. The average molecular weight is 212 g/mol. The molecule has 0 aromatic carbocycles. The lowest BCUT2D eigenvalue weighted by molar-refractivity contribution is 0.557. The Morgan fingerprint density at radius 1 is 1.57 bits per heavy atom. The summed E-state index contributed by atoms with van der Waals surface area (Å²) in [5.41, 5.74) is 6.82. The first-order valence-corrected chi connectivity index (χ1v) is 5.48. The fourth-order valence-corrected chi connectivity index (χ4v) is 1.98. The molecule has 1 rings (SSSR count). The molecule has 5 heteroatoms. The summed E-state index contributed by atoms with van der Waals surface area (Å²) in [7, 11) is 0. The third-order valence-electron chi connectivity index (χ3n) is 1.65. The van der Waals surface area contributed by atoms with E-state index in [0.717, 1.165) is 16.5 Å². The molecule has 1 heterocycles. The van der Waals surface area contributed by atoms with Crippen LogP contribution in [-0.4, -0.2) is 20.5 Å². The van der Waals surface area contributed by atoms with Gasteiger partial charge in [0.15, 0.2) is 5.16 Å². The molecule has 0 saturated carbocycles. The van der Waals surface area contributed by atoms with Crippen molar-refractivity contribution in [3.05, 3.63) is 12.2 Å². The highest BCUT2D eigenvalue weighted by molar-refractivity contribution is 7.99. The van der Waals surface area contributed by atoms with Crippen molar-refractivity contribution < 1.29 is 0 Å². The van der Waals surface area contributed by atoms with Crippen LogP contribution in [0.15, 0.2) is 17.3 Å². The van der Waals surface area contributed by atoms with Crippen LogP contribution in [0.3, 0.4) is 0 Å². The van der Waals surface area contributed by atoms with E-state index in [2.05, 4.69) is 30.6 Å². The van der Waals surface area contributed by atoms with Gasteiger partial charge in [0.2, 0.25) is 5.95 Å². The van der Waals surface area contributed by atoms with Crippen molar-refractivity contribution in [2.75, 3.05) is 11.5 Å². The van der Waals surface area contributed by atoms with Gasteiger partial charge in [0.05, 0.1) is 0 Å². The number of aromatic nitrogens is 3. The number of hydrogen-bond donors (Lipinski definition) is 1. The quantitative estimate of drug-likeness (QED) is 0.613. The zero-order valence-corrected chi connectivity index (χ0v) is 9.64. The maximum absolute atomic E-state index is 5.70. The molecule has 0 atom stereocenters. The van der Waals surface area contributed by atoms with Crippen LogP contribution < -0.4 is 5.73 Å². The van der Waals surface area contributed by atoms with E-state index in [1.165, 1.54) is 0 Å². The normalized spacial score (nSPS) is 10.9. The number of thioether (sulfide) groups is 1. The van der Waals surface area contributed by atoms with E-state index in [9.17, 15) is 0 Å². The molecule has 2 N–H and O–H groups in total. The summed E-state index contributed by atoms with van der Waals surface area (Å²) in [5.74, 6) is 1.33. The molecule has 0 aliphatic carbocycles. The molecule has 0 aliphatic rings. The maximum Gasteiger partial charge on any atom is 0.222 e. The second-order valence-corrected chi connectivity index (χ2v) is 4.49. The Morgan fingerprint density at radius 2 is 2.21 bits per heavy atom. The van der Waals surface area contributed by atoms with E-state index in [0.29, 0.717) is 5.95 Å². The number of nitrogens with zero attached hydrogens (tertiary/aromatic N) is 3. The molecule has 1 aromatic heterocycles. The van der Waals surface area contributed by atoms with Crippen molar-refractivity contribution in [3.63, 3.8) is 0 Å². The SMILES string of the molecule is C=C(C)CSc1nnc(N)n1C(C)C. The van der Waals surface area contributed by atoms with Gasteiger partial charge >= 0.3 is 0 Å². The molecule has 1 aromatic rings. The van der Waals surface area contributed by atoms with Crippen molar-refractivity contribution in [1.29, 1.82) is 0 Å². The number of rotatable bonds is 4. The van der Waals surface area contributed by atoms with Crippen molar-refractivity contribution in [2.45, 2.75) is 32.0 Å². The van der Waals surface area contributed by atoms with Crippen LogP contribution in [0.5, 0.6) is 0 Å². The molecule has 0 bridgehead atoms. The van der Waals surface area contributed by atoms with E-state index in [-0.39, 0.29) is 6.04 Å². The van der Waals surface area contributed by atoms with Gasteiger partial charge in [-0.25, -0.2) is 0 Å². The minimum Gasteiger partial charge on any atom is -0.368 e. The molecule has 0 spiro atoms. The molecule has 0 saturated heterocycles. The van der Waals surface area contributed by atoms with Gasteiger partial charge in [-0.15, -0.1) is 10.2 Å². The molecular formula is C9H16N4S. The Balaban J connectivity index is 2.81. The number of nitrogen functional groups attached to an aromatic ring is 1. The summed E-state index contributed by atoms with van der Waals surface area (Å²) in [6.45, 7) is 9.95. The predicted octanol–water partition coefficient (Wildman–Crippen LogP) is 2.11. The van der Waals surface area contributed by atoms with Crippen LogP contribution in [0.4, 0.5) is 5.95 Å². The summed E-state index contributed by atoms with van der Waals surface area (Å²) in [4.78, 5) is 0. The van der Waals surface area contributed by atoms with Gasteiger partial charge in [-0.05, 0) is 20.8 Å². The Labute approximate surface area is 88.6 Å². The third-order valence-corrected chi connectivity index (χ3v) is 2.83. The largest absolute Gasteiger partial charge is 0.368 e. The van der Waals surface area contributed by atoms with Crippen LogP contribution in [0.1, 0.15) is 26.8 Å². The molecule has 0 radical (unpaired) electrons. The molecule has 14 heavy (non-hydrogen) atoms. The van der Waals surface area contributed by atoms with Crippen LogP contribution in [0, 0.1) is 0 Å². The summed E-state index contributed by atoms with van der Waals surface area (Å²) in [6, 6.07) is 0.289. The first-order chi connectivity index (χ1) is 6.52.